The molecule has 1 aliphatic carbocycles. The molecule has 1 aromatic rings. The minimum atomic E-state index is 0.0875. The Kier molecular flexibility index (Phi) is 4.32. The SMILES string of the molecule is O=C(NCC1(Sc2ccccc2)CCOCC1)C1CC1. The predicted molar refractivity (Wildman–Crippen MR) is 80.8 cm³/mol. The van der Waals surface area contributed by atoms with Crippen LogP contribution >= 0.6 is 11.8 Å². The van der Waals surface area contributed by atoms with Crippen LogP contribution in [0.5, 0.6) is 0 Å². The van der Waals surface area contributed by atoms with Crippen LogP contribution in [0.15, 0.2) is 35.2 Å². The summed E-state index contributed by atoms with van der Waals surface area (Å²) in [6, 6.07) is 10.5. The molecule has 1 aromatic carbocycles. The Morgan fingerprint density at radius 3 is 2.60 bits per heavy atom. The lowest BCUT2D eigenvalue weighted by molar-refractivity contribution is -0.122. The molecule has 1 saturated carbocycles. The summed E-state index contributed by atoms with van der Waals surface area (Å²) in [6.45, 7) is 2.34. The van der Waals surface area contributed by atoms with Crippen molar-refractivity contribution in [3.63, 3.8) is 0 Å². The zero-order chi connectivity index (χ0) is 13.8. The second-order valence-electron chi connectivity index (χ2n) is 5.70. The van der Waals surface area contributed by atoms with E-state index in [9.17, 15) is 4.79 Å². The summed E-state index contributed by atoms with van der Waals surface area (Å²) in [6.07, 6.45) is 4.12. The zero-order valence-corrected chi connectivity index (χ0v) is 12.5. The van der Waals surface area contributed by atoms with Crippen molar-refractivity contribution < 1.29 is 9.53 Å². The molecule has 1 amide bonds. The Morgan fingerprint density at radius 2 is 1.95 bits per heavy atom. The summed E-state index contributed by atoms with van der Waals surface area (Å²) in [5.41, 5.74) is 0. The van der Waals surface area contributed by atoms with Crippen LogP contribution in [0.25, 0.3) is 0 Å². The van der Waals surface area contributed by atoms with Gasteiger partial charge in [-0.25, -0.2) is 0 Å². The lowest BCUT2D eigenvalue weighted by Crippen LogP contribution is -2.44. The summed E-state index contributed by atoms with van der Waals surface area (Å²) in [5.74, 6) is 0.526. The number of rotatable bonds is 5. The van der Waals surface area contributed by atoms with Crippen molar-refractivity contribution in [3.05, 3.63) is 30.3 Å². The van der Waals surface area contributed by atoms with E-state index in [2.05, 4.69) is 29.6 Å². The molecule has 0 unspecified atom stereocenters. The van der Waals surface area contributed by atoms with Crippen LogP contribution in [0, 0.1) is 5.92 Å². The largest absolute Gasteiger partial charge is 0.381 e. The Labute approximate surface area is 124 Å². The molecule has 3 rings (SSSR count). The van der Waals surface area contributed by atoms with Gasteiger partial charge in [0.2, 0.25) is 5.91 Å². The van der Waals surface area contributed by atoms with Crippen LogP contribution in [-0.4, -0.2) is 30.4 Å². The number of amides is 1. The predicted octanol–water partition coefficient (Wildman–Crippen LogP) is 2.85. The average Bonchev–Trinajstić information content (AvgIpc) is 3.32. The molecule has 0 atom stereocenters. The number of hydrogen-bond donors (Lipinski definition) is 1. The van der Waals surface area contributed by atoms with E-state index in [1.54, 1.807) is 0 Å². The van der Waals surface area contributed by atoms with Gasteiger partial charge in [0.25, 0.3) is 0 Å². The minimum Gasteiger partial charge on any atom is -0.381 e. The van der Waals surface area contributed by atoms with E-state index in [1.165, 1.54) is 4.90 Å². The Balaban J connectivity index is 1.65. The highest BCUT2D eigenvalue weighted by Crippen LogP contribution is 2.40. The van der Waals surface area contributed by atoms with Crippen LogP contribution in [-0.2, 0) is 9.53 Å². The molecule has 2 aliphatic rings. The van der Waals surface area contributed by atoms with Crippen molar-refractivity contribution in [2.45, 2.75) is 35.3 Å². The van der Waals surface area contributed by atoms with Gasteiger partial charge in [-0.3, -0.25) is 4.79 Å². The normalized spacial score (nSPS) is 21.4. The van der Waals surface area contributed by atoms with Crippen molar-refractivity contribution in [1.82, 2.24) is 5.32 Å². The molecular formula is C16H21NO2S. The summed E-state index contributed by atoms with van der Waals surface area (Å²) < 4.78 is 5.59. The summed E-state index contributed by atoms with van der Waals surface area (Å²) in [4.78, 5) is 13.2. The molecule has 1 saturated heterocycles. The third kappa shape index (κ3) is 3.55. The van der Waals surface area contributed by atoms with Gasteiger partial charge < -0.3 is 10.1 Å². The molecule has 0 spiro atoms. The smallest absolute Gasteiger partial charge is 0.223 e. The van der Waals surface area contributed by atoms with E-state index in [1.807, 2.05) is 17.8 Å². The first kappa shape index (κ1) is 14.0. The second-order valence-corrected chi connectivity index (χ2v) is 7.24. The molecule has 1 heterocycles. The molecule has 108 valence electrons. The van der Waals surface area contributed by atoms with Gasteiger partial charge in [0.05, 0.1) is 0 Å². The van der Waals surface area contributed by atoms with Crippen molar-refractivity contribution >= 4 is 17.7 Å². The van der Waals surface area contributed by atoms with Gasteiger partial charge in [-0.1, -0.05) is 18.2 Å². The quantitative estimate of drug-likeness (QED) is 0.906. The highest BCUT2D eigenvalue weighted by atomic mass is 32.2. The zero-order valence-electron chi connectivity index (χ0n) is 11.6. The maximum Gasteiger partial charge on any atom is 0.223 e. The molecular weight excluding hydrogens is 270 g/mol. The molecule has 4 heteroatoms. The van der Waals surface area contributed by atoms with Gasteiger partial charge in [-0.2, -0.15) is 0 Å². The highest BCUT2D eigenvalue weighted by Gasteiger charge is 2.36. The van der Waals surface area contributed by atoms with Crippen molar-refractivity contribution in [1.29, 1.82) is 0 Å². The maximum absolute atomic E-state index is 11.9. The Bertz CT molecular complexity index is 453. The fourth-order valence-corrected chi connectivity index (χ4v) is 3.84. The lowest BCUT2D eigenvalue weighted by atomic mass is 9.99. The molecule has 1 N–H and O–H groups in total. The number of carbonyl (C=O) groups excluding carboxylic acids is 1. The van der Waals surface area contributed by atoms with Gasteiger partial charge >= 0.3 is 0 Å². The van der Waals surface area contributed by atoms with Gasteiger partial charge in [0.1, 0.15) is 0 Å². The van der Waals surface area contributed by atoms with Gasteiger partial charge in [0.15, 0.2) is 0 Å². The first-order valence-corrected chi connectivity index (χ1v) is 8.19. The third-order valence-electron chi connectivity index (χ3n) is 4.01. The van der Waals surface area contributed by atoms with E-state index in [4.69, 9.17) is 4.74 Å². The highest BCUT2D eigenvalue weighted by molar-refractivity contribution is 8.00. The topological polar surface area (TPSA) is 38.3 Å². The summed E-state index contributed by atoms with van der Waals surface area (Å²) in [7, 11) is 0. The molecule has 0 radical (unpaired) electrons. The van der Waals surface area contributed by atoms with Gasteiger partial charge in [-0.05, 0) is 37.8 Å². The van der Waals surface area contributed by atoms with Crippen molar-refractivity contribution in [3.8, 4) is 0 Å². The van der Waals surface area contributed by atoms with E-state index in [-0.39, 0.29) is 16.6 Å². The number of nitrogens with one attached hydrogen (secondary N) is 1. The molecule has 0 aromatic heterocycles. The van der Waals surface area contributed by atoms with Gasteiger partial charge in [0, 0.05) is 35.3 Å². The molecule has 1 aliphatic heterocycles. The number of hydrogen-bond acceptors (Lipinski definition) is 3. The van der Waals surface area contributed by atoms with Crippen LogP contribution in [0.4, 0.5) is 0 Å². The van der Waals surface area contributed by atoms with E-state index in [0.717, 1.165) is 45.4 Å². The number of thioether (sulfide) groups is 1. The Morgan fingerprint density at radius 1 is 1.25 bits per heavy atom. The monoisotopic (exact) mass is 291 g/mol. The van der Waals surface area contributed by atoms with Crippen LogP contribution in [0.3, 0.4) is 0 Å². The minimum absolute atomic E-state index is 0.0875. The van der Waals surface area contributed by atoms with Gasteiger partial charge in [-0.15, -0.1) is 11.8 Å². The molecule has 0 bridgehead atoms. The lowest BCUT2D eigenvalue weighted by Gasteiger charge is -2.36. The number of ether oxygens (including phenoxy) is 1. The van der Waals surface area contributed by atoms with E-state index >= 15 is 0 Å². The molecule has 3 nitrogen and oxygen atoms in total. The fourth-order valence-electron chi connectivity index (χ4n) is 2.53. The molecule has 20 heavy (non-hydrogen) atoms. The van der Waals surface area contributed by atoms with E-state index < -0.39 is 0 Å². The summed E-state index contributed by atoms with van der Waals surface area (Å²) in [5, 5.41) is 3.16. The first-order chi connectivity index (χ1) is 9.77. The maximum atomic E-state index is 11.9. The van der Waals surface area contributed by atoms with Crippen molar-refractivity contribution in [2.75, 3.05) is 19.8 Å². The molecule has 2 fully saturated rings. The van der Waals surface area contributed by atoms with Crippen LogP contribution in [0.2, 0.25) is 0 Å². The summed E-state index contributed by atoms with van der Waals surface area (Å²) >= 11 is 1.89. The van der Waals surface area contributed by atoms with Crippen LogP contribution in [0.1, 0.15) is 25.7 Å². The number of benzene rings is 1. The van der Waals surface area contributed by atoms with Crippen molar-refractivity contribution in [2.24, 2.45) is 5.92 Å². The first-order valence-electron chi connectivity index (χ1n) is 7.37. The van der Waals surface area contributed by atoms with E-state index in [0.29, 0.717) is 0 Å². The number of carbonyl (C=O) groups is 1. The Hall–Kier alpha value is -1.00. The standard InChI is InChI=1S/C16H21NO2S/c18-15(13-6-7-13)17-12-16(8-10-19-11-9-16)20-14-4-2-1-3-5-14/h1-5,13H,6-12H2,(H,17,18). The van der Waals surface area contributed by atoms with Crippen LogP contribution < -0.4 is 5.32 Å². The second kappa shape index (κ2) is 6.19. The fraction of sp³-hybridized carbons (Fsp3) is 0.562. The average molecular weight is 291 g/mol. The third-order valence-corrected chi connectivity index (χ3v) is 5.51.